The lowest BCUT2D eigenvalue weighted by Crippen LogP contribution is -2.48. The lowest BCUT2D eigenvalue weighted by molar-refractivity contribution is -0.132. The number of likely N-dealkylation sites (N-methyl/N-ethyl adjacent to an activating group) is 1. The molecule has 0 saturated carbocycles. The van der Waals surface area contributed by atoms with E-state index >= 15 is 0 Å². The molecule has 6 heteroatoms. The van der Waals surface area contributed by atoms with Crippen molar-refractivity contribution in [3.05, 3.63) is 0 Å². The molecule has 2 N–H and O–H groups in total. The Hall–Kier alpha value is -1.30. The zero-order valence-electron chi connectivity index (χ0n) is 14.8. The number of hydrogen-bond donors (Lipinski definition) is 1. The van der Waals surface area contributed by atoms with E-state index in [-0.39, 0.29) is 24.0 Å². The monoisotopic (exact) mass is 313 g/mol. The first kappa shape index (κ1) is 18.7. The summed E-state index contributed by atoms with van der Waals surface area (Å²) in [6, 6.07) is -0.474. The molecule has 22 heavy (non-hydrogen) atoms. The van der Waals surface area contributed by atoms with Crippen LogP contribution in [0.3, 0.4) is 0 Å². The molecule has 0 spiro atoms. The fraction of sp³-hybridized carbons (Fsp3) is 0.875. The summed E-state index contributed by atoms with van der Waals surface area (Å²) in [6.07, 6.45) is 0.450. The van der Waals surface area contributed by atoms with Crippen LogP contribution >= 0.6 is 0 Å². The van der Waals surface area contributed by atoms with Crippen molar-refractivity contribution in [2.75, 3.05) is 19.6 Å². The molecule has 2 unspecified atom stereocenters. The average Bonchev–Trinajstić information content (AvgIpc) is 2.85. The Morgan fingerprint density at radius 3 is 2.41 bits per heavy atom. The summed E-state index contributed by atoms with van der Waals surface area (Å²) in [7, 11) is 0. The summed E-state index contributed by atoms with van der Waals surface area (Å²) in [6.45, 7) is 13.1. The number of carbonyl (C=O) groups is 2. The van der Waals surface area contributed by atoms with Gasteiger partial charge < -0.3 is 20.3 Å². The minimum Gasteiger partial charge on any atom is -0.444 e. The van der Waals surface area contributed by atoms with E-state index in [2.05, 4.69) is 0 Å². The van der Waals surface area contributed by atoms with Gasteiger partial charge in [0.25, 0.3) is 0 Å². The Morgan fingerprint density at radius 2 is 1.95 bits per heavy atom. The molecule has 0 radical (unpaired) electrons. The van der Waals surface area contributed by atoms with Gasteiger partial charge in [-0.15, -0.1) is 0 Å². The fourth-order valence-electron chi connectivity index (χ4n) is 2.55. The van der Waals surface area contributed by atoms with Gasteiger partial charge in [-0.1, -0.05) is 13.8 Å². The smallest absolute Gasteiger partial charge is 0.410 e. The molecule has 0 bridgehead atoms. The number of rotatable bonds is 4. The van der Waals surface area contributed by atoms with Crippen LogP contribution in [0, 0.1) is 5.92 Å². The van der Waals surface area contributed by atoms with Crippen LogP contribution in [0.1, 0.15) is 48.0 Å². The summed E-state index contributed by atoms with van der Waals surface area (Å²) in [5.41, 5.74) is 5.43. The van der Waals surface area contributed by atoms with E-state index in [4.69, 9.17) is 10.5 Å². The molecule has 1 heterocycles. The molecular formula is C16H31N3O3. The van der Waals surface area contributed by atoms with Crippen molar-refractivity contribution in [1.82, 2.24) is 9.80 Å². The first-order chi connectivity index (χ1) is 10.1. The summed E-state index contributed by atoms with van der Waals surface area (Å²) < 4.78 is 5.44. The number of likely N-dealkylation sites (tertiary alicyclic amines) is 1. The topological polar surface area (TPSA) is 75.9 Å². The lowest BCUT2D eigenvalue weighted by atomic mass is 10.0. The van der Waals surface area contributed by atoms with Crippen LogP contribution in [-0.2, 0) is 9.53 Å². The first-order valence-electron chi connectivity index (χ1n) is 8.10. The molecule has 2 amide bonds. The van der Waals surface area contributed by atoms with E-state index in [9.17, 15) is 9.59 Å². The molecule has 0 aliphatic carbocycles. The molecule has 128 valence electrons. The maximum absolute atomic E-state index is 12.3. The summed E-state index contributed by atoms with van der Waals surface area (Å²) in [5, 5.41) is 0. The third-order valence-electron chi connectivity index (χ3n) is 3.89. The van der Waals surface area contributed by atoms with Crippen LogP contribution in [0.4, 0.5) is 4.79 Å². The SMILES string of the molecule is CCN(C(=O)OC(C)(C)C)C1CCN(C(=O)C(N)C(C)C)C1. The van der Waals surface area contributed by atoms with Gasteiger partial charge in [-0.3, -0.25) is 4.79 Å². The zero-order valence-corrected chi connectivity index (χ0v) is 14.8. The van der Waals surface area contributed by atoms with Crippen molar-refractivity contribution in [3.8, 4) is 0 Å². The quantitative estimate of drug-likeness (QED) is 0.859. The van der Waals surface area contributed by atoms with Crippen LogP contribution in [0.2, 0.25) is 0 Å². The van der Waals surface area contributed by atoms with Crippen molar-refractivity contribution in [1.29, 1.82) is 0 Å². The van der Waals surface area contributed by atoms with Gasteiger partial charge in [0.15, 0.2) is 0 Å². The Kier molecular flexibility index (Phi) is 6.23. The zero-order chi connectivity index (χ0) is 17.1. The second-order valence-electron chi connectivity index (χ2n) is 7.26. The highest BCUT2D eigenvalue weighted by molar-refractivity contribution is 5.82. The van der Waals surface area contributed by atoms with Gasteiger partial charge in [-0.05, 0) is 40.0 Å². The first-order valence-corrected chi connectivity index (χ1v) is 8.10. The molecule has 1 aliphatic heterocycles. The summed E-state index contributed by atoms with van der Waals surface area (Å²) in [4.78, 5) is 28.1. The number of nitrogens with two attached hydrogens (primary N) is 1. The van der Waals surface area contributed by atoms with E-state index in [1.807, 2.05) is 41.5 Å². The molecule has 6 nitrogen and oxygen atoms in total. The normalized spacial score (nSPS) is 20.2. The van der Waals surface area contributed by atoms with Gasteiger partial charge in [-0.2, -0.15) is 0 Å². The minimum atomic E-state index is -0.515. The van der Waals surface area contributed by atoms with Crippen LogP contribution < -0.4 is 5.73 Å². The second-order valence-corrected chi connectivity index (χ2v) is 7.26. The molecule has 2 atom stereocenters. The van der Waals surface area contributed by atoms with Crippen LogP contribution in [0.15, 0.2) is 0 Å². The number of amides is 2. The van der Waals surface area contributed by atoms with Crippen LogP contribution in [0.25, 0.3) is 0 Å². The highest BCUT2D eigenvalue weighted by Gasteiger charge is 2.35. The van der Waals surface area contributed by atoms with Gasteiger partial charge in [0.2, 0.25) is 5.91 Å². The standard InChI is InChI=1S/C16H31N3O3/c1-7-19(15(21)22-16(4,5)6)12-8-9-18(10-12)14(20)13(17)11(2)3/h11-13H,7-10,17H2,1-6H3. The van der Waals surface area contributed by atoms with Crippen molar-refractivity contribution < 1.29 is 14.3 Å². The van der Waals surface area contributed by atoms with Gasteiger partial charge in [0.1, 0.15) is 5.60 Å². The molecule has 1 saturated heterocycles. The lowest BCUT2D eigenvalue weighted by Gasteiger charge is -2.31. The maximum Gasteiger partial charge on any atom is 0.410 e. The third-order valence-corrected chi connectivity index (χ3v) is 3.89. The highest BCUT2D eigenvalue weighted by Crippen LogP contribution is 2.20. The van der Waals surface area contributed by atoms with Crippen molar-refractivity contribution in [2.24, 2.45) is 11.7 Å². The molecule has 0 aromatic carbocycles. The van der Waals surface area contributed by atoms with E-state index in [0.29, 0.717) is 19.6 Å². The van der Waals surface area contributed by atoms with Gasteiger partial charge >= 0.3 is 6.09 Å². The second kappa shape index (κ2) is 7.31. The molecule has 1 rings (SSSR count). The molecule has 0 aromatic heterocycles. The molecule has 1 aliphatic rings. The maximum atomic E-state index is 12.3. The average molecular weight is 313 g/mol. The van der Waals surface area contributed by atoms with E-state index in [0.717, 1.165) is 6.42 Å². The molecule has 1 fully saturated rings. The van der Waals surface area contributed by atoms with Crippen LogP contribution in [0.5, 0.6) is 0 Å². The number of carbonyl (C=O) groups excluding carboxylic acids is 2. The van der Waals surface area contributed by atoms with Crippen molar-refractivity contribution in [2.45, 2.75) is 65.6 Å². The van der Waals surface area contributed by atoms with Gasteiger partial charge in [0, 0.05) is 19.6 Å². The predicted octanol–water partition coefficient (Wildman–Crippen LogP) is 1.83. The number of ether oxygens (including phenoxy) is 1. The Balaban J connectivity index is 2.67. The van der Waals surface area contributed by atoms with E-state index in [1.54, 1.807) is 9.80 Å². The summed E-state index contributed by atoms with van der Waals surface area (Å²) in [5.74, 6) is 0.0809. The third kappa shape index (κ3) is 4.87. The minimum absolute atomic E-state index is 0.00293. The van der Waals surface area contributed by atoms with Crippen molar-refractivity contribution >= 4 is 12.0 Å². The highest BCUT2D eigenvalue weighted by atomic mass is 16.6. The molecule has 0 aromatic rings. The van der Waals surface area contributed by atoms with E-state index in [1.165, 1.54) is 0 Å². The number of nitrogens with zero attached hydrogens (tertiary/aromatic N) is 2. The van der Waals surface area contributed by atoms with Gasteiger partial charge in [-0.25, -0.2) is 4.79 Å². The Labute approximate surface area is 134 Å². The Bertz CT molecular complexity index is 404. The van der Waals surface area contributed by atoms with E-state index < -0.39 is 11.6 Å². The van der Waals surface area contributed by atoms with Crippen molar-refractivity contribution in [3.63, 3.8) is 0 Å². The predicted molar refractivity (Wildman–Crippen MR) is 86.4 cm³/mol. The largest absolute Gasteiger partial charge is 0.444 e. The Morgan fingerprint density at radius 1 is 1.36 bits per heavy atom. The van der Waals surface area contributed by atoms with Gasteiger partial charge in [0.05, 0.1) is 12.1 Å². The van der Waals surface area contributed by atoms with Crippen LogP contribution in [-0.4, -0.2) is 59.1 Å². The fourth-order valence-corrected chi connectivity index (χ4v) is 2.55. The number of hydrogen-bond acceptors (Lipinski definition) is 4. The summed E-state index contributed by atoms with van der Waals surface area (Å²) >= 11 is 0. The molecular weight excluding hydrogens is 282 g/mol.